The summed E-state index contributed by atoms with van der Waals surface area (Å²) in [5.74, 6) is 0.463. The molecule has 0 spiro atoms. The molecule has 3 rings (SSSR count). The van der Waals surface area contributed by atoms with E-state index in [4.69, 9.17) is 21.7 Å². The van der Waals surface area contributed by atoms with Crippen LogP contribution >= 0.6 is 12.2 Å². The second kappa shape index (κ2) is 9.40. The van der Waals surface area contributed by atoms with Gasteiger partial charge in [0.25, 0.3) is 0 Å². The van der Waals surface area contributed by atoms with Gasteiger partial charge in [-0.05, 0) is 42.0 Å². The number of methoxy groups -OCH3 is 1. The summed E-state index contributed by atoms with van der Waals surface area (Å²) in [6, 6.07) is 16.3. The highest BCUT2D eigenvalue weighted by Crippen LogP contribution is 2.31. The molecule has 0 atom stereocenters. The number of ether oxygens (including phenoxy) is 2. The van der Waals surface area contributed by atoms with Crippen molar-refractivity contribution in [3.63, 3.8) is 0 Å². The van der Waals surface area contributed by atoms with Crippen LogP contribution in [-0.2, 0) is 12.7 Å². The van der Waals surface area contributed by atoms with E-state index in [-0.39, 0.29) is 16.9 Å². The molecule has 0 radical (unpaired) electrons. The van der Waals surface area contributed by atoms with Crippen LogP contribution in [0.2, 0.25) is 0 Å². The van der Waals surface area contributed by atoms with Gasteiger partial charge in [0.15, 0.2) is 10.8 Å². The Morgan fingerprint density at radius 3 is 2.33 bits per heavy atom. The predicted octanol–water partition coefficient (Wildman–Crippen LogP) is 4.78. The molecule has 10 heteroatoms. The number of alkyl halides is 3. The van der Waals surface area contributed by atoms with Gasteiger partial charge in [0.1, 0.15) is 11.5 Å². The van der Waals surface area contributed by atoms with Gasteiger partial charge in [-0.25, -0.2) is 4.98 Å². The Morgan fingerprint density at radius 1 is 1.00 bits per heavy atom. The maximum atomic E-state index is 13.2. The van der Waals surface area contributed by atoms with E-state index in [1.54, 1.807) is 49.6 Å². The molecule has 2 aromatic carbocycles. The molecule has 0 saturated heterocycles. The molecule has 0 aliphatic rings. The monoisotopic (exact) mass is 434 g/mol. The van der Waals surface area contributed by atoms with E-state index in [1.165, 1.54) is 0 Å². The minimum absolute atomic E-state index is 0.0656. The number of rotatable bonds is 6. The summed E-state index contributed by atoms with van der Waals surface area (Å²) >= 11 is 5.14. The average Bonchev–Trinajstić information content (AvgIpc) is 2.72. The minimum Gasteiger partial charge on any atom is -0.497 e. The predicted molar refractivity (Wildman–Crippen MR) is 110 cm³/mol. The Balaban J connectivity index is 1.71. The molecule has 156 valence electrons. The fourth-order valence-electron chi connectivity index (χ4n) is 2.36. The molecule has 0 aliphatic heterocycles. The second-order valence-electron chi connectivity index (χ2n) is 5.98. The number of hydrogen-bond acceptors (Lipinski definition) is 5. The number of thiocarbonyl (C=S) groups is 1. The Hall–Kier alpha value is -3.40. The van der Waals surface area contributed by atoms with Gasteiger partial charge < -0.3 is 20.1 Å². The first-order valence-corrected chi connectivity index (χ1v) is 9.11. The summed E-state index contributed by atoms with van der Waals surface area (Å²) in [4.78, 5) is 7.46. The first-order valence-electron chi connectivity index (χ1n) is 8.70. The van der Waals surface area contributed by atoms with Crippen molar-refractivity contribution in [3.05, 3.63) is 71.9 Å². The van der Waals surface area contributed by atoms with Crippen molar-refractivity contribution < 1.29 is 22.6 Å². The number of para-hydroxylation sites is 1. The zero-order chi connectivity index (χ0) is 21.6. The summed E-state index contributed by atoms with van der Waals surface area (Å²) in [5.41, 5.74) is -0.248. The van der Waals surface area contributed by atoms with Crippen LogP contribution in [0.3, 0.4) is 0 Å². The molecule has 0 amide bonds. The molecule has 0 saturated carbocycles. The highest BCUT2D eigenvalue weighted by molar-refractivity contribution is 7.80. The van der Waals surface area contributed by atoms with E-state index in [2.05, 4.69) is 20.6 Å². The van der Waals surface area contributed by atoms with Crippen molar-refractivity contribution in [1.82, 2.24) is 15.3 Å². The quantitative estimate of drug-likeness (QED) is 0.541. The van der Waals surface area contributed by atoms with Crippen LogP contribution in [0, 0.1) is 0 Å². The Bertz CT molecular complexity index is 999. The first kappa shape index (κ1) is 21.3. The maximum Gasteiger partial charge on any atom is 0.433 e. The average molecular weight is 434 g/mol. The van der Waals surface area contributed by atoms with Gasteiger partial charge in [-0.2, -0.15) is 18.2 Å². The zero-order valence-electron chi connectivity index (χ0n) is 15.7. The molecule has 6 nitrogen and oxygen atoms in total. The normalized spacial score (nSPS) is 10.9. The lowest BCUT2D eigenvalue weighted by Gasteiger charge is -2.13. The number of benzene rings is 2. The highest BCUT2D eigenvalue weighted by atomic mass is 32.1. The second-order valence-corrected chi connectivity index (χ2v) is 6.39. The molecule has 0 fully saturated rings. The number of nitrogens with one attached hydrogen (secondary N) is 2. The third-order valence-corrected chi connectivity index (χ3v) is 4.04. The molecule has 0 bridgehead atoms. The third kappa shape index (κ3) is 6.05. The summed E-state index contributed by atoms with van der Waals surface area (Å²) in [6.45, 7) is 0.349. The molecule has 3 aromatic rings. The van der Waals surface area contributed by atoms with Gasteiger partial charge in [-0.1, -0.05) is 30.3 Å². The van der Waals surface area contributed by atoms with Gasteiger partial charge in [0.05, 0.1) is 7.11 Å². The van der Waals surface area contributed by atoms with Crippen LogP contribution in [0.4, 0.5) is 19.1 Å². The number of nitrogens with zero attached hydrogens (tertiary/aromatic N) is 2. The Labute approximate surface area is 176 Å². The summed E-state index contributed by atoms with van der Waals surface area (Å²) in [5, 5.41) is 5.52. The number of aromatic nitrogens is 2. The van der Waals surface area contributed by atoms with Crippen molar-refractivity contribution in [2.75, 3.05) is 12.4 Å². The van der Waals surface area contributed by atoms with Crippen molar-refractivity contribution >= 4 is 23.3 Å². The molecule has 1 aromatic heterocycles. The van der Waals surface area contributed by atoms with E-state index in [9.17, 15) is 13.2 Å². The largest absolute Gasteiger partial charge is 0.497 e. The molecular formula is C20H17F3N4O2S. The van der Waals surface area contributed by atoms with E-state index in [0.29, 0.717) is 18.0 Å². The van der Waals surface area contributed by atoms with Gasteiger partial charge >= 0.3 is 6.18 Å². The van der Waals surface area contributed by atoms with Gasteiger partial charge in [0, 0.05) is 12.6 Å². The lowest BCUT2D eigenvalue weighted by Crippen LogP contribution is -2.29. The number of anilines is 1. The van der Waals surface area contributed by atoms with Crippen LogP contribution in [0.25, 0.3) is 0 Å². The SMILES string of the molecule is COc1ccc(CNC(=S)Nc2nc(Oc3ccccc3)cc(C(F)(F)F)n2)cc1. The number of hydrogen-bond donors (Lipinski definition) is 2. The van der Waals surface area contributed by atoms with Crippen LogP contribution in [0.15, 0.2) is 60.7 Å². The number of halogens is 3. The van der Waals surface area contributed by atoms with Crippen molar-refractivity contribution in [1.29, 1.82) is 0 Å². The standard InChI is InChI=1S/C20H17F3N4O2S/c1-28-14-9-7-13(8-10-14)12-24-19(30)27-18-25-16(20(21,22)23)11-17(26-18)29-15-5-3-2-4-6-15/h2-11H,12H2,1H3,(H2,24,25,26,27,30). The minimum atomic E-state index is -4.67. The van der Waals surface area contributed by atoms with E-state index < -0.39 is 11.9 Å². The van der Waals surface area contributed by atoms with E-state index in [0.717, 1.165) is 11.6 Å². The first-order chi connectivity index (χ1) is 14.3. The smallest absolute Gasteiger partial charge is 0.433 e. The fourth-order valence-corrected chi connectivity index (χ4v) is 2.52. The highest BCUT2D eigenvalue weighted by Gasteiger charge is 2.34. The summed E-state index contributed by atoms with van der Waals surface area (Å²) in [6.07, 6.45) is -4.67. The van der Waals surface area contributed by atoms with Crippen molar-refractivity contribution in [3.8, 4) is 17.4 Å². The lowest BCUT2D eigenvalue weighted by molar-refractivity contribution is -0.141. The Kier molecular flexibility index (Phi) is 6.68. The van der Waals surface area contributed by atoms with Gasteiger partial charge in [-0.3, -0.25) is 0 Å². The van der Waals surface area contributed by atoms with E-state index in [1.807, 2.05) is 12.1 Å². The van der Waals surface area contributed by atoms with Crippen molar-refractivity contribution in [2.24, 2.45) is 0 Å². The maximum absolute atomic E-state index is 13.2. The zero-order valence-corrected chi connectivity index (χ0v) is 16.6. The van der Waals surface area contributed by atoms with Crippen LogP contribution in [0.5, 0.6) is 17.4 Å². The summed E-state index contributed by atoms with van der Waals surface area (Å²) < 4.78 is 50.2. The van der Waals surface area contributed by atoms with Crippen LogP contribution in [-0.4, -0.2) is 22.2 Å². The van der Waals surface area contributed by atoms with Gasteiger partial charge in [0.2, 0.25) is 11.8 Å². The van der Waals surface area contributed by atoms with E-state index >= 15 is 0 Å². The molecule has 0 aliphatic carbocycles. The molecule has 0 unspecified atom stereocenters. The van der Waals surface area contributed by atoms with Gasteiger partial charge in [-0.15, -0.1) is 0 Å². The topological polar surface area (TPSA) is 68.3 Å². The Morgan fingerprint density at radius 2 is 1.70 bits per heavy atom. The third-order valence-electron chi connectivity index (χ3n) is 3.80. The molecule has 30 heavy (non-hydrogen) atoms. The van der Waals surface area contributed by atoms with Crippen LogP contribution < -0.4 is 20.1 Å². The summed E-state index contributed by atoms with van der Waals surface area (Å²) in [7, 11) is 1.57. The molecule has 2 N–H and O–H groups in total. The van der Waals surface area contributed by atoms with Crippen molar-refractivity contribution in [2.45, 2.75) is 12.7 Å². The molecular weight excluding hydrogens is 417 g/mol. The van der Waals surface area contributed by atoms with Crippen LogP contribution in [0.1, 0.15) is 11.3 Å². The lowest BCUT2D eigenvalue weighted by atomic mass is 10.2. The fraction of sp³-hybridized carbons (Fsp3) is 0.150. The molecule has 1 heterocycles.